The van der Waals surface area contributed by atoms with Gasteiger partial charge in [0, 0.05) is 12.6 Å². The minimum Gasteiger partial charge on any atom is -0.481 e. The Morgan fingerprint density at radius 3 is 2.33 bits per heavy atom. The number of hydrogen-bond donors (Lipinski definition) is 3. The molecule has 3 rings (SSSR count). The number of carboxylic acids is 1. The highest BCUT2D eigenvalue weighted by molar-refractivity contribution is 5.79. The van der Waals surface area contributed by atoms with Crippen LogP contribution in [0.3, 0.4) is 0 Å². The average Bonchev–Trinajstić information content (AvgIpc) is 3.32. The molecule has 3 fully saturated rings. The number of carbonyl (C=O) groups is 2. The van der Waals surface area contributed by atoms with Crippen molar-refractivity contribution in [1.82, 2.24) is 10.6 Å². The molecule has 5 nitrogen and oxygen atoms in total. The van der Waals surface area contributed by atoms with E-state index in [1.165, 1.54) is 25.7 Å². The molecule has 0 aliphatic heterocycles. The molecule has 0 spiro atoms. The first kappa shape index (κ1) is 14.7. The van der Waals surface area contributed by atoms with Crippen LogP contribution in [0.15, 0.2) is 0 Å². The molecule has 0 aromatic carbocycles. The Kier molecular flexibility index (Phi) is 3.84. The predicted octanol–water partition coefficient (Wildman–Crippen LogP) is 2.37. The van der Waals surface area contributed by atoms with Gasteiger partial charge in [-0.3, -0.25) is 4.79 Å². The number of hydrogen-bond acceptors (Lipinski definition) is 2. The van der Waals surface area contributed by atoms with Gasteiger partial charge in [0.15, 0.2) is 0 Å². The van der Waals surface area contributed by atoms with E-state index in [1.807, 2.05) is 0 Å². The molecule has 0 radical (unpaired) electrons. The maximum absolute atomic E-state index is 12.1. The number of rotatable bonds is 6. The van der Waals surface area contributed by atoms with E-state index < -0.39 is 11.4 Å². The van der Waals surface area contributed by atoms with Gasteiger partial charge in [-0.1, -0.05) is 6.42 Å². The number of aliphatic carboxylic acids is 1. The van der Waals surface area contributed by atoms with E-state index in [0.717, 1.165) is 31.2 Å². The molecule has 2 unspecified atom stereocenters. The molecule has 0 bridgehead atoms. The van der Waals surface area contributed by atoms with Crippen molar-refractivity contribution in [2.24, 2.45) is 23.2 Å². The molecule has 0 heterocycles. The Labute approximate surface area is 125 Å². The Morgan fingerprint density at radius 2 is 1.81 bits per heavy atom. The Morgan fingerprint density at radius 1 is 1.19 bits per heavy atom. The zero-order valence-corrected chi connectivity index (χ0v) is 12.7. The summed E-state index contributed by atoms with van der Waals surface area (Å²) in [6, 6.07) is -0.448. The van der Waals surface area contributed by atoms with Crippen LogP contribution < -0.4 is 10.6 Å². The summed E-state index contributed by atoms with van der Waals surface area (Å²) < 4.78 is 0. The third-order valence-electron chi connectivity index (χ3n) is 5.71. The van der Waals surface area contributed by atoms with E-state index in [0.29, 0.717) is 12.3 Å². The molecule has 0 aromatic rings. The van der Waals surface area contributed by atoms with Crippen LogP contribution >= 0.6 is 0 Å². The second-order valence-electron chi connectivity index (χ2n) is 7.36. The fraction of sp³-hybridized carbons (Fsp3) is 0.875. The van der Waals surface area contributed by atoms with Gasteiger partial charge in [-0.05, 0) is 63.2 Å². The van der Waals surface area contributed by atoms with E-state index in [-0.39, 0.29) is 12.1 Å². The third-order valence-corrected chi connectivity index (χ3v) is 5.71. The zero-order chi connectivity index (χ0) is 15.0. The fourth-order valence-corrected chi connectivity index (χ4v) is 3.84. The summed E-state index contributed by atoms with van der Waals surface area (Å²) in [5.74, 6) is 1.46. The molecule has 3 aliphatic carbocycles. The summed E-state index contributed by atoms with van der Waals surface area (Å²) >= 11 is 0. The van der Waals surface area contributed by atoms with Crippen molar-refractivity contribution in [2.75, 3.05) is 6.54 Å². The van der Waals surface area contributed by atoms with Crippen molar-refractivity contribution in [2.45, 2.75) is 57.9 Å². The van der Waals surface area contributed by atoms with E-state index in [1.54, 1.807) is 6.92 Å². The van der Waals surface area contributed by atoms with Crippen LogP contribution in [0.1, 0.15) is 51.9 Å². The van der Waals surface area contributed by atoms with Crippen molar-refractivity contribution in [1.29, 1.82) is 0 Å². The first-order chi connectivity index (χ1) is 10.0. The zero-order valence-electron chi connectivity index (χ0n) is 12.7. The molecule has 3 N–H and O–H groups in total. The van der Waals surface area contributed by atoms with Crippen LogP contribution in [0.4, 0.5) is 4.79 Å². The highest BCUT2D eigenvalue weighted by Crippen LogP contribution is 2.48. The van der Waals surface area contributed by atoms with Gasteiger partial charge < -0.3 is 15.7 Å². The summed E-state index contributed by atoms with van der Waals surface area (Å²) in [6.07, 6.45) is 7.49. The molecule has 2 atom stereocenters. The third kappa shape index (κ3) is 3.16. The lowest BCUT2D eigenvalue weighted by Crippen LogP contribution is -2.51. The number of urea groups is 1. The molecule has 0 aromatic heterocycles. The van der Waals surface area contributed by atoms with Crippen LogP contribution in [0.2, 0.25) is 0 Å². The van der Waals surface area contributed by atoms with Gasteiger partial charge in [-0.25, -0.2) is 4.79 Å². The number of carbonyl (C=O) groups excluding carboxylic acids is 1. The fourth-order valence-electron chi connectivity index (χ4n) is 3.84. The highest BCUT2D eigenvalue weighted by Gasteiger charge is 2.46. The summed E-state index contributed by atoms with van der Waals surface area (Å²) in [7, 11) is 0. The summed E-state index contributed by atoms with van der Waals surface area (Å²) in [6.45, 7) is 2.49. The van der Waals surface area contributed by atoms with Crippen LogP contribution in [0, 0.1) is 23.2 Å². The molecular formula is C16H26N2O3. The van der Waals surface area contributed by atoms with Gasteiger partial charge in [0.25, 0.3) is 0 Å². The molecule has 2 amide bonds. The topological polar surface area (TPSA) is 78.4 Å². The van der Waals surface area contributed by atoms with Gasteiger partial charge in [-0.2, -0.15) is 0 Å². The van der Waals surface area contributed by atoms with Crippen molar-refractivity contribution < 1.29 is 14.7 Å². The lowest BCUT2D eigenvalue weighted by atomic mass is 9.85. The quantitative estimate of drug-likeness (QED) is 0.703. The standard InChI is InChI=1S/C16H26N2O3/c1-16(14(19)20)8-2-3-13(16)18-15(21)17-9-12(10-4-5-10)11-6-7-11/h10-13H,2-9H2,1H3,(H,19,20)(H2,17,18,21). The predicted molar refractivity (Wildman–Crippen MR) is 78.9 cm³/mol. The Balaban J connectivity index is 1.48. The summed E-state index contributed by atoms with van der Waals surface area (Å²) in [5, 5.41) is 15.2. The van der Waals surface area contributed by atoms with Crippen molar-refractivity contribution in [3.8, 4) is 0 Å². The molecule has 3 aliphatic rings. The summed E-state index contributed by atoms with van der Waals surface area (Å²) in [4.78, 5) is 23.5. The Hall–Kier alpha value is -1.26. The Bertz CT molecular complexity index is 419. The largest absolute Gasteiger partial charge is 0.481 e. The van der Waals surface area contributed by atoms with Crippen LogP contribution in [0.25, 0.3) is 0 Å². The molecular weight excluding hydrogens is 268 g/mol. The van der Waals surface area contributed by atoms with Gasteiger partial charge >= 0.3 is 12.0 Å². The molecule has 3 saturated carbocycles. The van der Waals surface area contributed by atoms with Crippen molar-refractivity contribution in [3.63, 3.8) is 0 Å². The van der Waals surface area contributed by atoms with Crippen LogP contribution in [0.5, 0.6) is 0 Å². The lowest BCUT2D eigenvalue weighted by Gasteiger charge is -2.28. The number of amides is 2. The summed E-state index contributed by atoms with van der Waals surface area (Å²) in [5.41, 5.74) is -0.816. The minimum atomic E-state index is -0.816. The van der Waals surface area contributed by atoms with Crippen molar-refractivity contribution >= 4 is 12.0 Å². The lowest BCUT2D eigenvalue weighted by molar-refractivity contribution is -0.148. The van der Waals surface area contributed by atoms with E-state index >= 15 is 0 Å². The van der Waals surface area contributed by atoms with Crippen LogP contribution in [-0.4, -0.2) is 29.7 Å². The second-order valence-corrected chi connectivity index (χ2v) is 7.36. The molecule has 5 heteroatoms. The first-order valence-corrected chi connectivity index (χ1v) is 8.28. The second kappa shape index (κ2) is 5.50. The van der Waals surface area contributed by atoms with E-state index in [2.05, 4.69) is 10.6 Å². The van der Waals surface area contributed by atoms with E-state index in [9.17, 15) is 14.7 Å². The average molecular weight is 294 g/mol. The van der Waals surface area contributed by atoms with Gasteiger partial charge in [0.1, 0.15) is 0 Å². The van der Waals surface area contributed by atoms with Crippen molar-refractivity contribution in [3.05, 3.63) is 0 Å². The van der Waals surface area contributed by atoms with E-state index in [4.69, 9.17) is 0 Å². The minimum absolute atomic E-state index is 0.194. The maximum atomic E-state index is 12.1. The van der Waals surface area contributed by atoms with Gasteiger partial charge in [0.05, 0.1) is 5.41 Å². The van der Waals surface area contributed by atoms with Gasteiger partial charge in [0.2, 0.25) is 0 Å². The smallest absolute Gasteiger partial charge is 0.315 e. The maximum Gasteiger partial charge on any atom is 0.315 e. The first-order valence-electron chi connectivity index (χ1n) is 8.28. The van der Waals surface area contributed by atoms with Crippen LogP contribution in [-0.2, 0) is 4.79 Å². The highest BCUT2D eigenvalue weighted by atomic mass is 16.4. The number of nitrogens with one attached hydrogen (secondary N) is 2. The number of carboxylic acid groups (broad SMARTS) is 1. The monoisotopic (exact) mass is 294 g/mol. The SMILES string of the molecule is CC1(C(=O)O)CCCC1NC(=O)NCC(C1CC1)C1CC1. The normalized spacial score (nSPS) is 32.2. The molecule has 21 heavy (non-hydrogen) atoms. The molecule has 0 saturated heterocycles. The van der Waals surface area contributed by atoms with Gasteiger partial charge in [-0.15, -0.1) is 0 Å². The molecule has 118 valence electrons.